The number of amides is 3. The van der Waals surface area contributed by atoms with Crippen LogP contribution in [-0.2, 0) is 16.1 Å². The molecular formula is C18H18N2O5. The lowest BCUT2D eigenvalue weighted by Crippen LogP contribution is -2.43. The number of methoxy groups -OCH3 is 1. The molecule has 0 aliphatic carbocycles. The second kappa shape index (κ2) is 7.31. The smallest absolute Gasteiger partial charge is 0.262 e. The highest BCUT2D eigenvalue weighted by Crippen LogP contribution is 2.22. The van der Waals surface area contributed by atoms with Crippen molar-refractivity contribution in [3.8, 4) is 0 Å². The van der Waals surface area contributed by atoms with E-state index >= 15 is 0 Å². The summed E-state index contributed by atoms with van der Waals surface area (Å²) in [5.41, 5.74) is 1.49. The number of rotatable bonds is 7. The molecule has 7 nitrogen and oxygen atoms in total. The van der Waals surface area contributed by atoms with Crippen LogP contribution in [0.25, 0.3) is 0 Å². The highest BCUT2D eigenvalue weighted by Gasteiger charge is 2.37. The van der Waals surface area contributed by atoms with Crippen molar-refractivity contribution in [2.24, 2.45) is 0 Å². The maximum atomic E-state index is 12.7. The minimum absolute atomic E-state index is 0.298. The number of imide groups is 1. The van der Waals surface area contributed by atoms with Crippen LogP contribution in [0.3, 0.4) is 0 Å². The molecule has 0 N–H and O–H groups in total. The van der Waals surface area contributed by atoms with Gasteiger partial charge in [-0.05, 0) is 18.2 Å². The van der Waals surface area contributed by atoms with E-state index in [-0.39, 0.29) is 12.5 Å². The highest BCUT2D eigenvalue weighted by atomic mass is 16.5. The molecule has 0 atom stereocenters. The number of nitrogens with zero attached hydrogens (tertiary/aromatic N) is 2. The number of carbonyl (C=O) groups excluding carboxylic acids is 3. The molecule has 1 aromatic heterocycles. The summed E-state index contributed by atoms with van der Waals surface area (Å²) in [6.45, 7) is 0.727. The first-order valence-electron chi connectivity index (χ1n) is 7.85. The van der Waals surface area contributed by atoms with E-state index in [0.717, 1.165) is 10.5 Å². The van der Waals surface area contributed by atoms with Crippen molar-refractivity contribution in [2.45, 2.75) is 6.54 Å². The molecule has 2 heterocycles. The summed E-state index contributed by atoms with van der Waals surface area (Å²) in [7, 11) is 1.55. The first-order valence-corrected chi connectivity index (χ1v) is 7.85. The van der Waals surface area contributed by atoms with Crippen LogP contribution in [0.4, 0.5) is 0 Å². The zero-order chi connectivity index (χ0) is 17.8. The zero-order valence-electron chi connectivity index (χ0n) is 13.8. The van der Waals surface area contributed by atoms with Crippen molar-refractivity contribution in [1.29, 1.82) is 0 Å². The molecule has 0 saturated heterocycles. The fourth-order valence-electron chi connectivity index (χ4n) is 2.71. The van der Waals surface area contributed by atoms with E-state index in [0.29, 0.717) is 30.8 Å². The van der Waals surface area contributed by atoms with E-state index in [1.165, 1.54) is 11.2 Å². The molecule has 1 aliphatic heterocycles. The van der Waals surface area contributed by atoms with Gasteiger partial charge in [-0.15, -0.1) is 0 Å². The number of fused-ring (bicyclic) bond motifs is 1. The summed E-state index contributed by atoms with van der Waals surface area (Å²) in [5.74, 6) is -1.21. The molecule has 1 aliphatic rings. The molecule has 1 aromatic carbocycles. The Labute approximate surface area is 144 Å². The minimum atomic E-state index is -0.441. The normalized spacial score (nSPS) is 13.2. The Kier molecular flexibility index (Phi) is 4.95. The Bertz CT molecular complexity index is 750. The van der Waals surface area contributed by atoms with Crippen LogP contribution in [0, 0.1) is 0 Å². The summed E-state index contributed by atoms with van der Waals surface area (Å²) in [6.07, 6.45) is 3.08. The summed E-state index contributed by atoms with van der Waals surface area (Å²) < 4.78 is 10.1. The predicted octanol–water partition coefficient (Wildman–Crippen LogP) is 1.55. The van der Waals surface area contributed by atoms with Gasteiger partial charge >= 0.3 is 0 Å². The monoisotopic (exact) mass is 342 g/mol. The van der Waals surface area contributed by atoms with Crippen molar-refractivity contribution >= 4 is 17.7 Å². The molecule has 0 saturated carbocycles. The third kappa shape index (κ3) is 3.46. The topological polar surface area (TPSA) is 80.1 Å². The molecule has 3 rings (SSSR count). The SMILES string of the molecule is COCCN(Cc1ccoc1)C(=O)CN1C(=O)c2ccccc2C1=O. The van der Waals surface area contributed by atoms with E-state index in [1.807, 2.05) is 0 Å². The molecule has 2 aromatic rings. The van der Waals surface area contributed by atoms with E-state index in [4.69, 9.17) is 9.15 Å². The van der Waals surface area contributed by atoms with Crippen molar-refractivity contribution in [3.05, 3.63) is 59.5 Å². The Hall–Kier alpha value is -2.93. The van der Waals surface area contributed by atoms with E-state index in [9.17, 15) is 14.4 Å². The van der Waals surface area contributed by atoms with Gasteiger partial charge in [0, 0.05) is 25.8 Å². The van der Waals surface area contributed by atoms with Crippen LogP contribution >= 0.6 is 0 Å². The van der Waals surface area contributed by atoms with Crippen LogP contribution in [0.1, 0.15) is 26.3 Å². The van der Waals surface area contributed by atoms with Crippen molar-refractivity contribution in [1.82, 2.24) is 9.80 Å². The van der Waals surface area contributed by atoms with E-state index in [2.05, 4.69) is 0 Å². The maximum absolute atomic E-state index is 12.7. The molecule has 7 heteroatoms. The number of hydrogen-bond donors (Lipinski definition) is 0. The van der Waals surface area contributed by atoms with Gasteiger partial charge in [0.25, 0.3) is 11.8 Å². The Morgan fingerprint density at radius 1 is 1.16 bits per heavy atom. The fourth-order valence-corrected chi connectivity index (χ4v) is 2.71. The second-order valence-electron chi connectivity index (χ2n) is 5.68. The Morgan fingerprint density at radius 3 is 2.40 bits per heavy atom. The number of hydrogen-bond acceptors (Lipinski definition) is 5. The third-order valence-corrected chi connectivity index (χ3v) is 4.04. The fraction of sp³-hybridized carbons (Fsp3) is 0.278. The average Bonchev–Trinajstić information content (AvgIpc) is 3.22. The average molecular weight is 342 g/mol. The molecular weight excluding hydrogens is 324 g/mol. The van der Waals surface area contributed by atoms with Gasteiger partial charge in [-0.3, -0.25) is 19.3 Å². The molecule has 0 fully saturated rings. The largest absolute Gasteiger partial charge is 0.472 e. The van der Waals surface area contributed by atoms with Crippen LogP contribution in [0.15, 0.2) is 47.3 Å². The molecule has 0 spiro atoms. The van der Waals surface area contributed by atoms with Crippen molar-refractivity contribution < 1.29 is 23.5 Å². The highest BCUT2D eigenvalue weighted by molar-refractivity contribution is 6.22. The molecule has 0 radical (unpaired) electrons. The lowest BCUT2D eigenvalue weighted by atomic mass is 10.1. The van der Waals surface area contributed by atoms with Gasteiger partial charge in [-0.25, -0.2) is 0 Å². The summed E-state index contributed by atoms with van der Waals surface area (Å²) in [6, 6.07) is 8.33. The van der Waals surface area contributed by atoms with Crippen molar-refractivity contribution in [2.75, 3.05) is 26.8 Å². The van der Waals surface area contributed by atoms with Gasteiger partial charge in [-0.1, -0.05) is 12.1 Å². The first kappa shape index (κ1) is 16.9. The van der Waals surface area contributed by atoms with Gasteiger partial charge in [0.2, 0.25) is 5.91 Å². The lowest BCUT2D eigenvalue weighted by Gasteiger charge is -2.24. The van der Waals surface area contributed by atoms with Gasteiger partial charge in [0.05, 0.1) is 30.3 Å². The standard InChI is InChI=1S/C18H18N2O5/c1-24-9-7-19(10-13-6-8-25-12-13)16(21)11-20-17(22)14-4-2-3-5-15(14)18(20)23/h2-6,8,12H,7,9-11H2,1H3. The molecule has 130 valence electrons. The number of carbonyl (C=O) groups is 3. The third-order valence-electron chi connectivity index (χ3n) is 4.04. The zero-order valence-corrected chi connectivity index (χ0v) is 13.8. The van der Waals surface area contributed by atoms with Gasteiger partial charge in [0.15, 0.2) is 0 Å². The molecule has 25 heavy (non-hydrogen) atoms. The lowest BCUT2D eigenvalue weighted by molar-refractivity contribution is -0.132. The van der Waals surface area contributed by atoms with Crippen LogP contribution in [-0.4, -0.2) is 54.3 Å². The van der Waals surface area contributed by atoms with E-state index < -0.39 is 11.8 Å². The minimum Gasteiger partial charge on any atom is -0.472 e. The summed E-state index contributed by atoms with van der Waals surface area (Å²) in [4.78, 5) is 40.0. The molecule has 0 unspecified atom stereocenters. The number of furan rings is 1. The van der Waals surface area contributed by atoms with E-state index in [1.54, 1.807) is 43.7 Å². The van der Waals surface area contributed by atoms with Crippen LogP contribution < -0.4 is 0 Å². The van der Waals surface area contributed by atoms with Crippen molar-refractivity contribution in [3.63, 3.8) is 0 Å². The van der Waals surface area contributed by atoms with Crippen LogP contribution in [0.2, 0.25) is 0 Å². The predicted molar refractivity (Wildman–Crippen MR) is 87.8 cm³/mol. The summed E-state index contributed by atoms with van der Waals surface area (Å²) >= 11 is 0. The quantitative estimate of drug-likeness (QED) is 0.713. The first-order chi connectivity index (χ1) is 12.1. The number of ether oxygens (including phenoxy) is 1. The maximum Gasteiger partial charge on any atom is 0.262 e. The van der Waals surface area contributed by atoms with Crippen LogP contribution in [0.5, 0.6) is 0 Å². The molecule has 0 bridgehead atoms. The van der Waals surface area contributed by atoms with Gasteiger partial charge in [0.1, 0.15) is 6.54 Å². The second-order valence-corrected chi connectivity index (χ2v) is 5.68. The Balaban J connectivity index is 1.73. The summed E-state index contributed by atoms with van der Waals surface area (Å²) in [5, 5.41) is 0. The Morgan fingerprint density at radius 2 is 1.84 bits per heavy atom. The van der Waals surface area contributed by atoms with Gasteiger partial charge < -0.3 is 14.1 Å². The van der Waals surface area contributed by atoms with Gasteiger partial charge in [-0.2, -0.15) is 0 Å². The molecule has 3 amide bonds. The number of benzene rings is 1.